The van der Waals surface area contributed by atoms with Crippen LogP contribution in [-0.2, 0) is 19.5 Å². The summed E-state index contributed by atoms with van der Waals surface area (Å²) in [6.45, 7) is 9.34. The van der Waals surface area contributed by atoms with Gasteiger partial charge in [0.2, 0.25) is 0 Å². The van der Waals surface area contributed by atoms with E-state index in [1.54, 1.807) is 5.82 Å². The Morgan fingerprint density at radius 1 is 0.548 bits per heavy atom. The normalized spacial score (nSPS) is 11.5. The van der Waals surface area contributed by atoms with Gasteiger partial charge in [0.25, 0.3) is 5.82 Å². The van der Waals surface area contributed by atoms with Crippen molar-refractivity contribution >= 4 is 0 Å². The molecule has 1 aromatic rings. The molecule has 2 nitrogen and oxygen atoms in total. The van der Waals surface area contributed by atoms with Crippen molar-refractivity contribution in [3.8, 4) is 0 Å². The SMILES string of the molecule is CCCCCCCCCCCCCn1cc[n+](CCCC)c1CCCCCCCCC. The number of nitrogens with zero attached hydrogens (tertiary/aromatic N) is 2. The third kappa shape index (κ3) is 14.8. The number of unbranched alkanes of at least 4 members (excludes halogenated alkanes) is 17. The molecule has 2 heteroatoms. The second-order valence-corrected chi connectivity index (χ2v) is 9.86. The first-order valence-electron chi connectivity index (χ1n) is 14.4. The van der Waals surface area contributed by atoms with Crippen molar-refractivity contribution in [2.75, 3.05) is 0 Å². The Balaban J connectivity index is 2.23. The molecular formula is C29H57N2+. The van der Waals surface area contributed by atoms with Crippen molar-refractivity contribution in [1.29, 1.82) is 0 Å². The Labute approximate surface area is 196 Å². The molecule has 0 atom stereocenters. The van der Waals surface area contributed by atoms with E-state index in [9.17, 15) is 0 Å². The maximum atomic E-state index is 2.58. The highest BCUT2D eigenvalue weighted by molar-refractivity contribution is 4.84. The molecule has 0 amide bonds. The summed E-state index contributed by atoms with van der Waals surface area (Å²) >= 11 is 0. The van der Waals surface area contributed by atoms with Gasteiger partial charge >= 0.3 is 0 Å². The third-order valence-electron chi connectivity index (χ3n) is 6.85. The lowest BCUT2D eigenvalue weighted by molar-refractivity contribution is -0.704. The second kappa shape index (κ2) is 21.1. The number of rotatable bonds is 23. The Morgan fingerprint density at radius 2 is 1.00 bits per heavy atom. The van der Waals surface area contributed by atoms with Gasteiger partial charge in [-0.05, 0) is 25.7 Å². The average molecular weight is 434 g/mol. The molecule has 0 aliphatic rings. The molecular weight excluding hydrogens is 376 g/mol. The molecule has 0 spiro atoms. The standard InChI is InChI=1S/C29H57N2/c1-4-7-10-12-14-15-16-17-19-21-23-26-31-28-27-30(25-9-6-3)29(31)24-22-20-18-13-11-8-5-2/h27-28H,4-26H2,1-3H3/q+1. The van der Waals surface area contributed by atoms with Crippen LogP contribution in [0.1, 0.15) is 155 Å². The van der Waals surface area contributed by atoms with E-state index in [0.29, 0.717) is 0 Å². The van der Waals surface area contributed by atoms with Crippen molar-refractivity contribution in [3.05, 3.63) is 18.2 Å². The van der Waals surface area contributed by atoms with E-state index in [0.717, 1.165) is 0 Å². The molecule has 0 bridgehead atoms. The fraction of sp³-hybridized carbons (Fsp3) is 0.897. The summed E-state index contributed by atoms with van der Waals surface area (Å²) < 4.78 is 5.14. The number of imidazole rings is 1. The topological polar surface area (TPSA) is 8.81 Å². The zero-order valence-corrected chi connectivity index (χ0v) is 21.8. The first kappa shape index (κ1) is 28.2. The number of hydrogen-bond acceptors (Lipinski definition) is 0. The molecule has 31 heavy (non-hydrogen) atoms. The smallest absolute Gasteiger partial charge is 0.234 e. The van der Waals surface area contributed by atoms with E-state index in [2.05, 4.69) is 42.3 Å². The molecule has 1 rings (SSSR count). The van der Waals surface area contributed by atoms with Crippen LogP contribution in [0.2, 0.25) is 0 Å². The van der Waals surface area contributed by atoms with Crippen molar-refractivity contribution in [1.82, 2.24) is 4.57 Å². The molecule has 0 unspecified atom stereocenters. The largest absolute Gasteiger partial charge is 0.256 e. The Hall–Kier alpha value is -0.790. The zero-order valence-electron chi connectivity index (χ0n) is 21.8. The zero-order chi connectivity index (χ0) is 22.4. The molecule has 0 saturated heterocycles. The van der Waals surface area contributed by atoms with Gasteiger partial charge in [0, 0.05) is 6.42 Å². The lowest BCUT2D eigenvalue weighted by atomic mass is 10.1. The second-order valence-electron chi connectivity index (χ2n) is 9.86. The van der Waals surface area contributed by atoms with Gasteiger partial charge in [0.1, 0.15) is 12.4 Å². The third-order valence-corrected chi connectivity index (χ3v) is 6.85. The maximum absolute atomic E-state index is 2.58. The van der Waals surface area contributed by atoms with Gasteiger partial charge in [0.05, 0.1) is 13.1 Å². The monoisotopic (exact) mass is 433 g/mol. The highest BCUT2D eigenvalue weighted by Crippen LogP contribution is 2.13. The number of aryl methyl sites for hydroxylation is 2. The van der Waals surface area contributed by atoms with Crippen molar-refractivity contribution in [3.63, 3.8) is 0 Å². The van der Waals surface area contributed by atoms with Crippen molar-refractivity contribution < 1.29 is 4.57 Å². The summed E-state index contributed by atoms with van der Waals surface area (Å²) in [6.07, 6.45) is 34.1. The van der Waals surface area contributed by atoms with E-state index in [1.165, 1.54) is 148 Å². The van der Waals surface area contributed by atoms with Crippen LogP contribution >= 0.6 is 0 Å². The summed E-state index contributed by atoms with van der Waals surface area (Å²) in [5.74, 6) is 1.59. The number of aromatic nitrogens is 2. The van der Waals surface area contributed by atoms with E-state index in [-0.39, 0.29) is 0 Å². The van der Waals surface area contributed by atoms with Crippen LogP contribution in [0.3, 0.4) is 0 Å². The Bertz CT molecular complexity index is 491. The first-order chi connectivity index (χ1) is 15.3. The molecule has 0 aliphatic heterocycles. The van der Waals surface area contributed by atoms with Crippen LogP contribution in [0.25, 0.3) is 0 Å². The minimum absolute atomic E-state index is 1.20. The van der Waals surface area contributed by atoms with Gasteiger partial charge in [-0.25, -0.2) is 9.13 Å². The average Bonchev–Trinajstić information content (AvgIpc) is 3.16. The highest BCUT2D eigenvalue weighted by Gasteiger charge is 2.16. The van der Waals surface area contributed by atoms with E-state index in [1.807, 2.05) is 0 Å². The molecule has 0 N–H and O–H groups in total. The number of hydrogen-bond donors (Lipinski definition) is 0. The van der Waals surface area contributed by atoms with Crippen molar-refractivity contribution in [2.45, 2.75) is 169 Å². The van der Waals surface area contributed by atoms with Gasteiger partial charge in [-0.1, -0.05) is 124 Å². The molecule has 1 aromatic heterocycles. The molecule has 0 radical (unpaired) electrons. The minimum atomic E-state index is 1.20. The van der Waals surface area contributed by atoms with Crippen LogP contribution in [0.5, 0.6) is 0 Å². The van der Waals surface area contributed by atoms with Gasteiger partial charge < -0.3 is 0 Å². The van der Waals surface area contributed by atoms with Gasteiger partial charge in [-0.3, -0.25) is 0 Å². The quantitative estimate of drug-likeness (QED) is 0.120. The fourth-order valence-electron chi connectivity index (χ4n) is 4.71. The summed E-state index contributed by atoms with van der Waals surface area (Å²) in [7, 11) is 0. The van der Waals surface area contributed by atoms with Gasteiger partial charge in [-0.15, -0.1) is 0 Å². The van der Waals surface area contributed by atoms with E-state index >= 15 is 0 Å². The van der Waals surface area contributed by atoms with E-state index in [4.69, 9.17) is 0 Å². The lowest BCUT2D eigenvalue weighted by Gasteiger charge is -2.06. The highest BCUT2D eigenvalue weighted by atomic mass is 15.1. The molecule has 0 fully saturated rings. The molecule has 0 aliphatic carbocycles. The Kier molecular flexibility index (Phi) is 19.2. The van der Waals surface area contributed by atoms with Crippen LogP contribution in [0.4, 0.5) is 0 Å². The summed E-state index contributed by atoms with van der Waals surface area (Å²) in [5, 5.41) is 0. The predicted molar refractivity (Wildman–Crippen MR) is 138 cm³/mol. The van der Waals surface area contributed by atoms with Crippen LogP contribution < -0.4 is 4.57 Å². The fourth-order valence-corrected chi connectivity index (χ4v) is 4.71. The predicted octanol–water partition coefficient (Wildman–Crippen LogP) is 9.18. The summed E-state index contributed by atoms with van der Waals surface area (Å²) in [4.78, 5) is 0. The van der Waals surface area contributed by atoms with Crippen LogP contribution in [0, 0.1) is 0 Å². The Morgan fingerprint density at radius 3 is 1.52 bits per heavy atom. The van der Waals surface area contributed by atoms with Gasteiger partial charge in [-0.2, -0.15) is 0 Å². The molecule has 1 heterocycles. The van der Waals surface area contributed by atoms with Crippen molar-refractivity contribution in [2.24, 2.45) is 0 Å². The molecule has 0 aromatic carbocycles. The lowest BCUT2D eigenvalue weighted by Crippen LogP contribution is -2.37. The van der Waals surface area contributed by atoms with Gasteiger partial charge in [0.15, 0.2) is 0 Å². The van der Waals surface area contributed by atoms with Crippen LogP contribution in [0.15, 0.2) is 12.4 Å². The van der Waals surface area contributed by atoms with E-state index < -0.39 is 0 Å². The first-order valence-corrected chi connectivity index (χ1v) is 14.4. The van der Waals surface area contributed by atoms with Crippen LogP contribution in [-0.4, -0.2) is 4.57 Å². The minimum Gasteiger partial charge on any atom is -0.234 e. The maximum Gasteiger partial charge on any atom is 0.256 e. The summed E-state index contributed by atoms with van der Waals surface area (Å²) in [6, 6.07) is 0. The summed E-state index contributed by atoms with van der Waals surface area (Å²) in [5.41, 5.74) is 0. The molecule has 182 valence electrons. The molecule has 0 saturated carbocycles.